The number of nitrogens with one attached hydrogen (secondary N) is 2. The number of aryl methyl sites for hydroxylation is 1. The van der Waals surface area contributed by atoms with E-state index in [1.165, 1.54) is 11.3 Å². The molecule has 0 aliphatic carbocycles. The van der Waals surface area contributed by atoms with Crippen LogP contribution in [0.25, 0.3) is 0 Å². The van der Waals surface area contributed by atoms with Crippen molar-refractivity contribution >= 4 is 28.3 Å². The van der Waals surface area contributed by atoms with Gasteiger partial charge in [0.25, 0.3) is 11.8 Å². The Labute approximate surface area is 185 Å². The van der Waals surface area contributed by atoms with E-state index in [1.807, 2.05) is 18.2 Å². The summed E-state index contributed by atoms with van der Waals surface area (Å²) >= 11 is 1.32. The number of thiazole rings is 1. The Kier molecular flexibility index (Phi) is 7.13. The van der Waals surface area contributed by atoms with Gasteiger partial charge in [-0.3, -0.25) is 25.3 Å². The number of ether oxygens (including phenoxy) is 2. The standard InChI is InChI=1S/C21H27N5O4S/c1-15-18(31-21(22-15)26-7-11-30-12-8-26)20(28)24-23-19(27)17-4-2-3-16(13-17)14-25-5-9-29-10-6-25/h2-4,13H,5-12,14H2,1H3,(H,23,27)(H,24,28). The van der Waals surface area contributed by atoms with Crippen LogP contribution in [-0.4, -0.2) is 74.3 Å². The highest BCUT2D eigenvalue weighted by atomic mass is 32.1. The van der Waals surface area contributed by atoms with Gasteiger partial charge in [0, 0.05) is 38.3 Å². The minimum Gasteiger partial charge on any atom is -0.379 e. The van der Waals surface area contributed by atoms with E-state index in [0.717, 1.165) is 56.6 Å². The molecule has 10 heteroatoms. The van der Waals surface area contributed by atoms with Gasteiger partial charge in [0.05, 0.1) is 32.1 Å². The quantitative estimate of drug-likeness (QED) is 0.668. The second-order valence-corrected chi connectivity index (χ2v) is 8.49. The zero-order valence-corrected chi connectivity index (χ0v) is 18.4. The van der Waals surface area contributed by atoms with Crippen LogP contribution < -0.4 is 15.8 Å². The minimum absolute atomic E-state index is 0.354. The van der Waals surface area contributed by atoms with E-state index >= 15 is 0 Å². The number of hydrazine groups is 1. The Morgan fingerprint density at radius 1 is 1.03 bits per heavy atom. The maximum absolute atomic E-state index is 12.6. The summed E-state index contributed by atoms with van der Waals surface area (Å²) in [5.74, 6) is -0.722. The number of morpholine rings is 2. The van der Waals surface area contributed by atoms with Gasteiger partial charge in [-0.1, -0.05) is 23.5 Å². The third-order valence-corrected chi connectivity index (χ3v) is 6.48. The predicted octanol–water partition coefficient (Wildman–Crippen LogP) is 1.20. The van der Waals surface area contributed by atoms with Crippen molar-refractivity contribution in [2.45, 2.75) is 13.5 Å². The predicted molar refractivity (Wildman–Crippen MR) is 117 cm³/mol. The van der Waals surface area contributed by atoms with Crippen LogP contribution in [-0.2, 0) is 16.0 Å². The molecular formula is C21H27N5O4S. The van der Waals surface area contributed by atoms with Gasteiger partial charge < -0.3 is 14.4 Å². The van der Waals surface area contributed by atoms with Crippen molar-refractivity contribution in [2.24, 2.45) is 0 Å². The van der Waals surface area contributed by atoms with Gasteiger partial charge in [0.1, 0.15) is 4.88 Å². The molecule has 2 aromatic rings. The van der Waals surface area contributed by atoms with Crippen LogP contribution in [0.2, 0.25) is 0 Å². The molecule has 3 heterocycles. The smallest absolute Gasteiger partial charge is 0.281 e. The van der Waals surface area contributed by atoms with E-state index in [1.54, 1.807) is 13.0 Å². The molecule has 0 spiro atoms. The number of rotatable bonds is 5. The second kappa shape index (κ2) is 10.2. The molecule has 0 saturated carbocycles. The molecule has 1 aromatic carbocycles. The molecule has 2 N–H and O–H groups in total. The fourth-order valence-corrected chi connectivity index (χ4v) is 4.57. The molecule has 2 fully saturated rings. The molecule has 2 aliphatic heterocycles. The van der Waals surface area contributed by atoms with Gasteiger partial charge >= 0.3 is 0 Å². The number of carbonyl (C=O) groups is 2. The van der Waals surface area contributed by atoms with E-state index in [0.29, 0.717) is 29.3 Å². The second-order valence-electron chi connectivity index (χ2n) is 7.51. The highest BCUT2D eigenvalue weighted by Crippen LogP contribution is 2.26. The molecule has 2 aliphatic rings. The fraction of sp³-hybridized carbons (Fsp3) is 0.476. The number of aromatic nitrogens is 1. The number of carbonyl (C=O) groups excluding carboxylic acids is 2. The van der Waals surface area contributed by atoms with Crippen molar-refractivity contribution in [1.82, 2.24) is 20.7 Å². The van der Waals surface area contributed by atoms with Crippen molar-refractivity contribution in [2.75, 3.05) is 57.5 Å². The first kappa shape index (κ1) is 21.7. The van der Waals surface area contributed by atoms with E-state index in [9.17, 15) is 9.59 Å². The van der Waals surface area contributed by atoms with Crippen molar-refractivity contribution in [1.29, 1.82) is 0 Å². The van der Waals surface area contributed by atoms with Crippen LogP contribution in [0.3, 0.4) is 0 Å². The maximum atomic E-state index is 12.6. The first-order chi connectivity index (χ1) is 15.1. The van der Waals surface area contributed by atoms with Gasteiger partial charge in [0.15, 0.2) is 5.13 Å². The Hall–Kier alpha value is -2.53. The van der Waals surface area contributed by atoms with Crippen LogP contribution >= 0.6 is 11.3 Å². The van der Waals surface area contributed by atoms with Gasteiger partial charge in [-0.05, 0) is 24.6 Å². The molecule has 9 nitrogen and oxygen atoms in total. The lowest BCUT2D eigenvalue weighted by Crippen LogP contribution is -2.41. The molecule has 2 saturated heterocycles. The van der Waals surface area contributed by atoms with Gasteiger partial charge in [0.2, 0.25) is 0 Å². The SMILES string of the molecule is Cc1nc(N2CCOCC2)sc1C(=O)NNC(=O)c1cccc(CN2CCOCC2)c1. The Morgan fingerprint density at radius 3 is 2.45 bits per heavy atom. The average molecular weight is 446 g/mol. The summed E-state index contributed by atoms with van der Waals surface area (Å²) in [5, 5.41) is 0.799. The first-order valence-electron chi connectivity index (χ1n) is 10.4. The van der Waals surface area contributed by atoms with Gasteiger partial charge in [-0.2, -0.15) is 0 Å². The zero-order chi connectivity index (χ0) is 21.6. The number of amides is 2. The third-order valence-electron chi connectivity index (χ3n) is 5.26. The van der Waals surface area contributed by atoms with E-state index < -0.39 is 0 Å². The van der Waals surface area contributed by atoms with Crippen molar-refractivity contribution < 1.29 is 19.1 Å². The van der Waals surface area contributed by atoms with Crippen molar-refractivity contribution in [3.05, 3.63) is 46.0 Å². The zero-order valence-electron chi connectivity index (χ0n) is 17.6. The Balaban J connectivity index is 1.33. The fourth-order valence-electron chi connectivity index (χ4n) is 3.55. The molecular weight excluding hydrogens is 418 g/mol. The van der Waals surface area contributed by atoms with Gasteiger partial charge in [-0.25, -0.2) is 4.98 Å². The lowest BCUT2D eigenvalue weighted by atomic mass is 10.1. The van der Waals surface area contributed by atoms with Crippen molar-refractivity contribution in [3.63, 3.8) is 0 Å². The summed E-state index contributed by atoms with van der Waals surface area (Å²) in [7, 11) is 0. The summed E-state index contributed by atoms with van der Waals surface area (Å²) in [6.45, 7) is 8.61. The topological polar surface area (TPSA) is 96.0 Å². The first-order valence-corrected chi connectivity index (χ1v) is 11.2. The molecule has 0 unspecified atom stereocenters. The summed E-state index contributed by atoms with van der Waals surface area (Å²) in [6.07, 6.45) is 0. The molecule has 0 atom stereocenters. The average Bonchev–Trinajstić information content (AvgIpc) is 3.20. The van der Waals surface area contributed by atoms with E-state index in [2.05, 4.69) is 25.6 Å². The molecule has 1 aromatic heterocycles. The molecule has 0 radical (unpaired) electrons. The summed E-state index contributed by atoms with van der Waals surface area (Å²) < 4.78 is 10.7. The number of benzene rings is 1. The van der Waals surface area contributed by atoms with Crippen LogP contribution in [0.4, 0.5) is 5.13 Å². The highest BCUT2D eigenvalue weighted by molar-refractivity contribution is 7.17. The van der Waals surface area contributed by atoms with Gasteiger partial charge in [-0.15, -0.1) is 0 Å². The van der Waals surface area contributed by atoms with E-state index in [4.69, 9.17) is 9.47 Å². The number of hydrogen-bond donors (Lipinski definition) is 2. The van der Waals surface area contributed by atoms with Crippen LogP contribution in [0.1, 0.15) is 31.3 Å². The largest absolute Gasteiger partial charge is 0.379 e. The van der Waals surface area contributed by atoms with E-state index in [-0.39, 0.29) is 11.8 Å². The Morgan fingerprint density at radius 2 is 1.71 bits per heavy atom. The minimum atomic E-state index is -0.368. The van der Waals surface area contributed by atoms with Crippen molar-refractivity contribution in [3.8, 4) is 0 Å². The number of nitrogens with zero attached hydrogens (tertiary/aromatic N) is 3. The lowest BCUT2D eigenvalue weighted by molar-refractivity contribution is 0.0342. The van der Waals surface area contributed by atoms with Crippen LogP contribution in [0, 0.1) is 6.92 Å². The maximum Gasteiger partial charge on any atom is 0.281 e. The number of anilines is 1. The monoisotopic (exact) mass is 445 g/mol. The van der Waals surface area contributed by atoms with Crippen LogP contribution in [0.5, 0.6) is 0 Å². The van der Waals surface area contributed by atoms with Crippen LogP contribution in [0.15, 0.2) is 24.3 Å². The summed E-state index contributed by atoms with van der Waals surface area (Å²) in [6, 6.07) is 7.44. The lowest BCUT2D eigenvalue weighted by Gasteiger charge is -2.26. The highest BCUT2D eigenvalue weighted by Gasteiger charge is 2.21. The molecule has 0 bridgehead atoms. The Bertz CT molecular complexity index is 922. The number of hydrogen-bond acceptors (Lipinski definition) is 8. The molecule has 4 rings (SSSR count). The summed E-state index contributed by atoms with van der Waals surface area (Å²) in [5.41, 5.74) is 7.23. The molecule has 2 amide bonds. The normalized spacial score (nSPS) is 17.4. The third kappa shape index (κ3) is 5.59. The molecule has 31 heavy (non-hydrogen) atoms. The molecule has 166 valence electrons. The summed E-state index contributed by atoms with van der Waals surface area (Å²) in [4.78, 5) is 34.6.